The fourth-order valence-electron chi connectivity index (χ4n) is 4.28. The number of piperidine rings is 1. The summed E-state index contributed by atoms with van der Waals surface area (Å²) < 4.78 is 18.3. The highest BCUT2D eigenvalue weighted by atomic mass is 32.1. The van der Waals surface area contributed by atoms with Crippen LogP contribution < -0.4 is 5.32 Å². The van der Waals surface area contributed by atoms with Crippen LogP contribution in [0.15, 0.2) is 29.9 Å². The van der Waals surface area contributed by atoms with E-state index in [1.807, 2.05) is 49.5 Å². The van der Waals surface area contributed by atoms with Crippen molar-refractivity contribution in [1.29, 1.82) is 0 Å². The highest BCUT2D eigenvalue weighted by Gasteiger charge is 2.29. The Bertz CT molecular complexity index is 1170. The molecule has 1 saturated heterocycles. The Balaban J connectivity index is 1.56. The van der Waals surface area contributed by atoms with Gasteiger partial charge in [0.1, 0.15) is 18.0 Å². The number of ether oxygens (including phenoxy) is 2. The van der Waals surface area contributed by atoms with E-state index in [0.717, 1.165) is 53.5 Å². The summed E-state index contributed by atoms with van der Waals surface area (Å²) in [5.41, 5.74) is 3.24. The number of likely N-dealkylation sites (tertiary alicyclic amines) is 1. The largest absolute Gasteiger partial charge is 0.444 e. The molecular weight excluding hydrogens is 490 g/mol. The number of rotatable bonds is 8. The lowest BCUT2D eigenvalue weighted by molar-refractivity contribution is 0.0206. The second-order valence-electron chi connectivity index (χ2n) is 11.7. The quantitative estimate of drug-likeness (QED) is 0.273. The van der Waals surface area contributed by atoms with Gasteiger partial charge < -0.3 is 24.3 Å². The first-order valence-corrected chi connectivity index (χ1v) is 17.3. The molecule has 0 saturated carbocycles. The van der Waals surface area contributed by atoms with Crippen molar-refractivity contribution in [3.63, 3.8) is 0 Å². The van der Waals surface area contributed by atoms with E-state index < -0.39 is 13.7 Å². The SMILES string of the molecule is CC(C)(C)OC(=O)N1CCC[C@@H](Nc2c(-c3ccsn3)cnc3c2ccn3COCC[Si](C)(C)C)C1. The van der Waals surface area contributed by atoms with Gasteiger partial charge in [0, 0.05) is 62.5 Å². The zero-order valence-electron chi connectivity index (χ0n) is 22.3. The molecule has 36 heavy (non-hydrogen) atoms. The van der Waals surface area contributed by atoms with Gasteiger partial charge in [-0.1, -0.05) is 19.6 Å². The highest BCUT2D eigenvalue weighted by Crippen LogP contribution is 2.35. The van der Waals surface area contributed by atoms with Gasteiger partial charge in [0.25, 0.3) is 0 Å². The summed E-state index contributed by atoms with van der Waals surface area (Å²) in [5, 5.41) is 6.76. The maximum absolute atomic E-state index is 12.7. The number of carbonyl (C=O) groups is 1. The molecule has 0 unspecified atom stereocenters. The highest BCUT2D eigenvalue weighted by molar-refractivity contribution is 7.03. The average Bonchev–Trinajstić information content (AvgIpc) is 3.46. The molecular formula is C26H39N5O3SSi. The molecule has 1 fully saturated rings. The third-order valence-corrected chi connectivity index (χ3v) is 8.41. The molecule has 0 aromatic carbocycles. The Labute approximate surface area is 219 Å². The second kappa shape index (κ2) is 10.9. The molecule has 3 aromatic rings. The zero-order valence-corrected chi connectivity index (χ0v) is 24.2. The van der Waals surface area contributed by atoms with Crippen molar-refractivity contribution in [3.05, 3.63) is 29.9 Å². The molecule has 0 bridgehead atoms. The van der Waals surface area contributed by atoms with E-state index in [-0.39, 0.29) is 12.1 Å². The van der Waals surface area contributed by atoms with E-state index in [2.05, 4.69) is 40.0 Å². The van der Waals surface area contributed by atoms with Crippen LogP contribution in [-0.2, 0) is 16.2 Å². The molecule has 0 aliphatic carbocycles. The molecule has 4 rings (SSSR count). The zero-order chi connectivity index (χ0) is 25.9. The van der Waals surface area contributed by atoms with Crippen molar-refractivity contribution in [2.24, 2.45) is 0 Å². The molecule has 1 atom stereocenters. The molecule has 10 heteroatoms. The van der Waals surface area contributed by atoms with Crippen LogP contribution >= 0.6 is 11.5 Å². The predicted octanol–water partition coefficient (Wildman–Crippen LogP) is 6.28. The van der Waals surface area contributed by atoms with Gasteiger partial charge in [0.2, 0.25) is 0 Å². The number of carbonyl (C=O) groups excluding carboxylic acids is 1. The summed E-state index contributed by atoms with van der Waals surface area (Å²) in [5.74, 6) is 0. The average molecular weight is 530 g/mol. The number of aromatic nitrogens is 3. The fourth-order valence-corrected chi connectivity index (χ4v) is 5.56. The third kappa shape index (κ3) is 6.86. The van der Waals surface area contributed by atoms with Gasteiger partial charge in [0.15, 0.2) is 0 Å². The normalized spacial score (nSPS) is 16.9. The van der Waals surface area contributed by atoms with Crippen molar-refractivity contribution >= 4 is 42.4 Å². The fraction of sp³-hybridized carbons (Fsp3) is 0.577. The minimum Gasteiger partial charge on any atom is -0.444 e. The van der Waals surface area contributed by atoms with Crippen LogP contribution in [0.25, 0.3) is 22.3 Å². The monoisotopic (exact) mass is 529 g/mol. The Kier molecular flexibility index (Phi) is 8.06. The van der Waals surface area contributed by atoms with Crippen LogP contribution in [0.5, 0.6) is 0 Å². The van der Waals surface area contributed by atoms with Crippen molar-refractivity contribution in [2.45, 2.75) is 77.7 Å². The first kappa shape index (κ1) is 26.6. The van der Waals surface area contributed by atoms with Crippen molar-refractivity contribution in [3.8, 4) is 11.3 Å². The standard InChI is InChI=1S/C26H39N5O3SSi/c1-26(2,3)34-25(32)30-11-7-8-19(17-30)28-23-20-9-12-31(18-33-13-15-36(4,5)6)24(20)27-16-21(23)22-10-14-35-29-22/h9-10,12,14,16,19H,7-8,11,13,15,17-18H2,1-6H3,(H,27,28)/t19-/m1/s1. The molecule has 8 nitrogen and oxygen atoms in total. The Hall–Kier alpha value is -2.43. The van der Waals surface area contributed by atoms with Gasteiger partial charge in [-0.05, 0) is 63.3 Å². The van der Waals surface area contributed by atoms with Crippen LogP contribution in [0.4, 0.5) is 10.5 Å². The first-order valence-electron chi connectivity index (χ1n) is 12.7. The maximum Gasteiger partial charge on any atom is 0.410 e. The molecule has 1 aliphatic rings. The summed E-state index contributed by atoms with van der Waals surface area (Å²) in [7, 11) is -1.14. The van der Waals surface area contributed by atoms with Crippen LogP contribution in [0, 0.1) is 0 Å². The minimum atomic E-state index is -1.14. The van der Waals surface area contributed by atoms with Crippen molar-refractivity contribution in [2.75, 3.05) is 25.0 Å². The Morgan fingerprint density at radius 3 is 2.78 bits per heavy atom. The van der Waals surface area contributed by atoms with Crippen molar-refractivity contribution in [1.82, 2.24) is 18.8 Å². The van der Waals surface area contributed by atoms with Gasteiger partial charge in [0.05, 0.1) is 11.4 Å². The second-order valence-corrected chi connectivity index (χ2v) is 18.0. The van der Waals surface area contributed by atoms with E-state index in [9.17, 15) is 4.79 Å². The smallest absolute Gasteiger partial charge is 0.410 e. The van der Waals surface area contributed by atoms with E-state index in [4.69, 9.17) is 14.5 Å². The summed E-state index contributed by atoms with van der Waals surface area (Å²) in [6.07, 6.45) is 5.57. The van der Waals surface area contributed by atoms with Gasteiger partial charge in [-0.2, -0.15) is 4.37 Å². The first-order chi connectivity index (χ1) is 17.0. The molecule has 0 spiro atoms. The number of nitrogens with zero attached hydrogens (tertiary/aromatic N) is 4. The van der Waals surface area contributed by atoms with E-state index in [1.165, 1.54) is 11.5 Å². The Morgan fingerprint density at radius 1 is 1.28 bits per heavy atom. The number of pyridine rings is 1. The molecule has 3 aromatic heterocycles. The van der Waals surface area contributed by atoms with Gasteiger partial charge in [-0.15, -0.1) is 0 Å². The molecule has 196 valence electrons. The Morgan fingerprint density at radius 2 is 2.08 bits per heavy atom. The maximum atomic E-state index is 12.7. The molecule has 1 aliphatic heterocycles. The summed E-state index contributed by atoms with van der Waals surface area (Å²) in [4.78, 5) is 19.3. The van der Waals surface area contributed by atoms with Crippen molar-refractivity contribution < 1.29 is 14.3 Å². The van der Waals surface area contributed by atoms with E-state index >= 15 is 0 Å². The topological polar surface area (TPSA) is 81.5 Å². The lowest BCUT2D eigenvalue weighted by atomic mass is 10.0. The number of hydrogen-bond donors (Lipinski definition) is 1. The lowest BCUT2D eigenvalue weighted by Crippen LogP contribution is -2.47. The third-order valence-electron chi connectivity index (χ3n) is 6.15. The summed E-state index contributed by atoms with van der Waals surface area (Å²) in [6.45, 7) is 15.3. The number of hydrogen-bond acceptors (Lipinski definition) is 7. The summed E-state index contributed by atoms with van der Waals surface area (Å²) >= 11 is 1.43. The summed E-state index contributed by atoms with van der Waals surface area (Å²) in [6, 6.07) is 5.35. The van der Waals surface area contributed by atoms with Gasteiger partial charge >= 0.3 is 6.09 Å². The van der Waals surface area contributed by atoms with Crippen LogP contribution in [-0.4, -0.2) is 64.3 Å². The van der Waals surface area contributed by atoms with Gasteiger partial charge in [-0.25, -0.2) is 9.78 Å². The predicted molar refractivity (Wildman–Crippen MR) is 149 cm³/mol. The van der Waals surface area contributed by atoms with E-state index in [0.29, 0.717) is 19.8 Å². The van der Waals surface area contributed by atoms with Crippen LogP contribution in [0.3, 0.4) is 0 Å². The molecule has 0 radical (unpaired) electrons. The number of fused-ring (bicyclic) bond motifs is 1. The van der Waals surface area contributed by atoms with Gasteiger partial charge in [-0.3, -0.25) is 0 Å². The number of anilines is 1. The minimum absolute atomic E-state index is 0.102. The lowest BCUT2D eigenvalue weighted by Gasteiger charge is -2.35. The molecule has 4 heterocycles. The van der Waals surface area contributed by atoms with E-state index in [1.54, 1.807) is 0 Å². The molecule has 1 N–H and O–H groups in total. The van der Waals surface area contributed by atoms with Crippen LogP contribution in [0.1, 0.15) is 33.6 Å². The molecule has 1 amide bonds. The number of nitrogens with one attached hydrogen (secondary N) is 1. The van der Waals surface area contributed by atoms with Crippen LogP contribution in [0.2, 0.25) is 25.7 Å². The number of amides is 1.